The minimum atomic E-state index is 0. The molecule has 6 nitrogen and oxygen atoms in total. The average Bonchev–Trinajstić information content (AvgIpc) is 2.16. The van der Waals surface area contributed by atoms with Crippen LogP contribution in [0.1, 0.15) is 19.3 Å². The number of halogens is 2. The molecular weight excluding hydrogens is 239 g/mol. The highest BCUT2D eigenvalue weighted by Crippen LogP contribution is 1.84. The van der Waals surface area contributed by atoms with Crippen LogP contribution in [0.4, 0.5) is 0 Å². The zero-order valence-corrected chi connectivity index (χ0v) is 10.3. The van der Waals surface area contributed by atoms with Crippen LogP contribution in [-0.2, 0) is 0 Å². The lowest BCUT2D eigenvalue weighted by molar-refractivity contribution is 0.583. The van der Waals surface area contributed by atoms with Gasteiger partial charge < -0.3 is 11.1 Å². The van der Waals surface area contributed by atoms with Crippen LogP contribution in [0.25, 0.3) is 10.4 Å². The molecule has 0 amide bonds. The highest BCUT2D eigenvalue weighted by Gasteiger charge is 1.89. The van der Waals surface area contributed by atoms with Crippen LogP contribution in [0.15, 0.2) is 5.22 Å². The van der Waals surface area contributed by atoms with Crippen molar-refractivity contribution in [2.75, 3.05) is 26.2 Å². The van der Waals surface area contributed by atoms with Crippen LogP contribution in [0.5, 0.6) is 0 Å². The lowest BCUT2D eigenvalue weighted by Gasteiger charge is -2.01. The first kappa shape index (κ1) is 20.1. The van der Waals surface area contributed by atoms with Crippen molar-refractivity contribution in [3.05, 3.63) is 10.4 Å². The summed E-state index contributed by atoms with van der Waals surface area (Å²) in [5, 5.41) is 6.48. The van der Waals surface area contributed by atoms with E-state index in [9.17, 15) is 0 Å². The fourth-order valence-electron chi connectivity index (χ4n) is 0.888. The topological polar surface area (TPSA) is 98.8 Å². The molecule has 92 valence electrons. The third kappa shape index (κ3) is 19.9. The standard InChI is InChI=1S/C7H18N6.2ClH/c8-4-3-6-10-5-1-2-7-11-13-12-9;;/h10-11H,1-8H2;2*1H. The van der Waals surface area contributed by atoms with Gasteiger partial charge in [0.05, 0.1) is 6.54 Å². The Balaban J connectivity index is -0.000000720. The molecule has 0 saturated carbocycles. The van der Waals surface area contributed by atoms with Gasteiger partial charge in [-0.25, -0.2) is 0 Å². The van der Waals surface area contributed by atoms with E-state index in [4.69, 9.17) is 11.3 Å². The molecule has 0 unspecified atom stereocenters. The van der Waals surface area contributed by atoms with Gasteiger partial charge in [0.2, 0.25) is 0 Å². The summed E-state index contributed by atoms with van der Waals surface area (Å²) in [5.74, 6) is 0. The van der Waals surface area contributed by atoms with E-state index in [1.54, 1.807) is 0 Å². The Morgan fingerprint density at radius 3 is 2.27 bits per heavy atom. The van der Waals surface area contributed by atoms with Crippen molar-refractivity contribution >= 4 is 24.8 Å². The predicted molar refractivity (Wildman–Crippen MR) is 67.4 cm³/mol. The van der Waals surface area contributed by atoms with Gasteiger partial charge in [-0.2, -0.15) is 4.91 Å². The molecule has 0 aromatic carbocycles. The molecule has 15 heavy (non-hydrogen) atoms. The number of rotatable bonds is 9. The number of unbranched alkanes of at least 4 members (excludes halogenated alkanes) is 1. The molecule has 0 aromatic heterocycles. The van der Waals surface area contributed by atoms with Crippen molar-refractivity contribution in [1.29, 1.82) is 0 Å². The van der Waals surface area contributed by atoms with Crippen LogP contribution in [-0.4, -0.2) is 26.2 Å². The second-order valence-corrected chi connectivity index (χ2v) is 2.70. The zero-order valence-electron chi connectivity index (χ0n) is 8.69. The molecule has 0 aliphatic heterocycles. The summed E-state index contributed by atoms with van der Waals surface area (Å²) in [4.78, 5) is 2.58. The van der Waals surface area contributed by atoms with E-state index in [-0.39, 0.29) is 24.8 Å². The monoisotopic (exact) mass is 258 g/mol. The summed E-state index contributed by atoms with van der Waals surface area (Å²) in [7, 11) is 0. The second-order valence-electron chi connectivity index (χ2n) is 2.70. The Morgan fingerprint density at radius 2 is 1.67 bits per heavy atom. The van der Waals surface area contributed by atoms with Gasteiger partial charge in [-0.1, -0.05) is 0 Å². The number of nitrogens with zero attached hydrogens (tertiary/aromatic N) is 3. The van der Waals surface area contributed by atoms with Gasteiger partial charge in [0, 0.05) is 0 Å². The average molecular weight is 259 g/mol. The smallest absolute Gasteiger partial charge is 0.0859 e. The molecule has 0 fully saturated rings. The Morgan fingerprint density at radius 1 is 1.07 bits per heavy atom. The zero-order chi connectivity index (χ0) is 9.78. The van der Waals surface area contributed by atoms with Crippen LogP contribution in [0, 0.1) is 0 Å². The number of nitrogens with one attached hydrogen (secondary N) is 2. The first-order valence-electron chi connectivity index (χ1n) is 4.59. The van der Waals surface area contributed by atoms with Crippen LogP contribution in [0.3, 0.4) is 0 Å². The van der Waals surface area contributed by atoms with E-state index in [1.807, 2.05) is 0 Å². The van der Waals surface area contributed by atoms with Crippen molar-refractivity contribution in [2.45, 2.75) is 19.3 Å². The fraction of sp³-hybridized carbons (Fsp3) is 1.00. The van der Waals surface area contributed by atoms with E-state index in [1.165, 1.54) is 0 Å². The Bertz CT molecular complexity index is 150. The lowest BCUT2D eigenvalue weighted by atomic mass is 10.3. The summed E-state index contributed by atoms with van der Waals surface area (Å²) in [6.07, 6.45) is 3.12. The molecule has 0 bridgehead atoms. The molecule has 0 radical (unpaired) electrons. The van der Waals surface area contributed by atoms with Gasteiger partial charge in [0.1, 0.15) is 0 Å². The molecule has 0 atom stereocenters. The maximum absolute atomic E-state index is 7.94. The molecule has 0 heterocycles. The van der Waals surface area contributed by atoms with E-state index in [0.717, 1.165) is 45.4 Å². The Hall–Kier alpha value is -0.390. The molecule has 0 aliphatic carbocycles. The molecular formula is C7H20Cl2N6. The summed E-state index contributed by atoms with van der Waals surface area (Å²) in [6.45, 7) is 3.46. The summed E-state index contributed by atoms with van der Waals surface area (Å²) in [6, 6.07) is 0. The summed E-state index contributed by atoms with van der Waals surface area (Å²) < 4.78 is 0. The number of hydrogen-bond donors (Lipinski definition) is 3. The normalized spacial score (nSPS) is 8.07. The molecule has 0 spiro atoms. The quantitative estimate of drug-likeness (QED) is 0.192. The fourth-order valence-corrected chi connectivity index (χ4v) is 0.888. The van der Waals surface area contributed by atoms with E-state index in [0.29, 0.717) is 0 Å². The first-order valence-corrected chi connectivity index (χ1v) is 4.59. The molecule has 0 aliphatic rings. The van der Waals surface area contributed by atoms with Gasteiger partial charge in [0.15, 0.2) is 0 Å². The first-order chi connectivity index (χ1) is 6.41. The van der Waals surface area contributed by atoms with Crippen molar-refractivity contribution in [3.63, 3.8) is 0 Å². The maximum Gasteiger partial charge on any atom is 0.0859 e. The van der Waals surface area contributed by atoms with Crippen LogP contribution >= 0.6 is 24.8 Å². The molecule has 0 saturated heterocycles. The lowest BCUT2D eigenvalue weighted by Crippen LogP contribution is -2.20. The maximum atomic E-state index is 7.94. The molecule has 0 rings (SSSR count). The number of azide groups is 1. The second kappa shape index (κ2) is 19.2. The molecule has 8 heteroatoms. The molecule has 0 aromatic rings. The minimum absolute atomic E-state index is 0. The predicted octanol–water partition coefficient (Wildman–Crippen LogP) is 1.36. The Kier molecular flexibility index (Phi) is 25.7. The minimum Gasteiger partial charge on any atom is -0.330 e. The third-order valence-electron chi connectivity index (χ3n) is 1.57. The van der Waals surface area contributed by atoms with Crippen molar-refractivity contribution in [3.8, 4) is 0 Å². The SMILES string of the molecule is Cl.Cl.[N-]=[N+]=NNCCCCNCCCN. The van der Waals surface area contributed by atoms with Crippen LogP contribution < -0.4 is 16.5 Å². The third-order valence-corrected chi connectivity index (χ3v) is 1.57. The number of nitrogens with two attached hydrogens (primary N) is 1. The number of hydrogen-bond acceptors (Lipinski definition) is 3. The van der Waals surface area contributed by atoms with Gasteiger partial charge >= 0.3 is 0 Å². The largest absolute Gasteiger partial charge is 0.330 e. The highest BCUT2D eigenvalue weighted by molar-refractivity contribution is 5.85. The van der Waals surface area contributed by atoms with E-state index < -0.39 is 0 Å². The highest BCUT2D eigenvalue weighted by atomic mass is 35.5. The van der Waals surface area contributed by atoms with Crippen molar-refractivity contribution in [2.24, 2.45) is 11.0 Å². The van der Waals surface area contributed by atoms with Gasteiger partial charge in [-0.15, -0.1) is 30.3 Å². The van der Waals surface area contributed by atoms with Crippen molar-refractivity contribution in [1.82, 2.24) is 10.7 Å². The summed E-state index contributed by atoms with van der Waals surface area (Å²) >= 11 is 0. The van der Waals surface area contributed by atoms with Gasteiger partial charge in [-0.3, -0.25) is 5.43 Å². The van der Waals surface area contributed by atoms with Crippen LogP contribution in [0.2, 0.25) is 0 Å². The molecule has 4 N–H and O–H groups in total. The van der Waals surface area contributed by atoms with E-state index in [2.05, 4.69) is 20.9 Å². The van der Waals surface area contributed by atoms with E-state index >= 15 is 0 Å². The Labute approximate surface area is 103 Å². The summed E-state index contributed by atoms with van der Waals surface area (Å²) in [5.41, 5.74) is 15.9. The van der Waals surface area contributed by atoms with Crippen molar-refractivity contribution < 1.29 is 0 Å². The van der Waals surface area contributed by atoms with Gasteiger partial charge in [0.25, 0.3) is 0 Å². The van der Waals surface area contributed by atoms with Gasteiger partial charge in [-0.05, 0) is 44.1 Å².